The summed E-state index contributed by atoms with van der Waals surface area (Å²) in [6, 6.07) is 0. The number of carbonyl (C=O) groups is 3. The van der Waals surface area contributed by atoms with Crippen molar-refractivity contribution in [1.82, 2.24) is 0 Å². The van der Waals surface area contributed by atoms with Gasteiger partial charge in [-0.2, -0.15) is 0 Å². The minimum Gasteiger partial charge on any atom is -0.463 e. The number of esters is 3. The molecular weight excluding hydrogens is 1480 g/mol. The molecule has 18 heteroatoms. The highest BCUT2D eigenvalue weighted by atomic mass is 31.2. The average Bonchev–Trinajstić information content (AvgIpc) is 0.920. The summed E-state index contributed by atoms with van der Waals surface area (Å²) in [6.45, 7) is 2.24. The van der Waals surface area contributed by atoms with Gasteiger partial charge in [-0.1, -0.05) is 362 Å². The molecule has 0 aromatic heterocycles. The molecule has 5 atom stereocenters. The third kappa shape index (κ3) is 88.8. The molecule has 0 saturated heterocycles. The third-order valence-corrected chi connectivity index (χ3v) is 19.9. The Bertz CT molecular complexity index is 2920. The second kappa shape index (κ2) is 87.4. The molecule has 0 saturated carbocycles. The molecule has 0 aliphatic heterocycles. The molecule has 652 valence electrons. The van der Waals surface area contributed by atoms with Crippen molar-refractivity contribution in [3.8, 4) is 0 Å². The number of aliphatic hydroxyl groups is 2. The minimum absolute atomic E-state index is 0.0319. The van der Waals surface area contributed by atoms with Crippen LogP contribution in [0.15, 0.2) is 207 Å². The van der Waals surface area contributed by atoms with Gasteiger partial charge in [0.15, 0.2) is 6.10 Å². The highest BCUT2D eigenvalue weighted by molar-refractivity contribution is 7.47. The highest BCUT2D eigenvalue weighted by Gasteiger charge is 2.29. The van der Waals surface area contributed by atoms with Crippen LogP contribution in [-0.4, -0.2) is 95.9 Å². The van der Waals surface area contributed by atoms with E-state index in [2.05, 4.69) is 209 Å². The van der Waals surface area contributed by atoms with E-state index in [-0.39, 0.29) is 19.3 Å². The van der Waals surface area contributed by atoms with Crippen LogP contribution < -0.4 is 0 Å². The van der Waals surface area contributed by atoms with Crippen LogP contribution in [-0.2, 0) is 55.8 Å². The van der Waals surface area contributed by atoms with Gasteiger partial charge in [-0.05, 0) is 154 Å². The summed E-state index contributed by atoms with van der Waals surface area (Å²) in [7, 11) is -9.85. The molecule has 0 bridgehead atoms. The number of ether oxygens (including phenoxy) is 3. The lowest BCUT2D eigenvalue weighted by molar-refractivity contribution is -0.161. The summed E-state index contributed by atoms with van der Waals surface area (Å²) in [5.74, 6) is -1.70. The molecule has 0 aromatic rings. The van der Waals surface area contributed by atoms with E-state index in [1.807, 2.05) is 18.2 Å². The number of allylic oxidation sites excluding steroid dienone is 34. The smallest absolute Gasteiger partial charge is 0.463 e. The molecule has 0 aliphatic rings. The van der Waals surface area contributed by atoms with Crippen molar-refractivity contribution in [2.75, 3.05) is 39.6 Å². The van der Waals surface area contributed by atoms with E-state index in [0.717, 1.165) is 161 Å². The van der Waals surface area contributed by atoms with E-state index < -0.39 is 91.5 Å². The molecule has 115 heavy (non-hydrogen) atoms. The van der Waals surface area contributed by atoms with Crippen molar-refractivity contribution in [2.45, 2.75) is 347 Å². The van der Waals surface area contributed by atoms with Crippen LogP contribution in [0.5, 0.6) is 0 Å². The van der Waals surface area contributed by atoms with Gasteiger partial charge in [0.1, 0.15) is 25.4 Å². The fourth-order valence-corrected chi connectivity index (χ4v) is 13.0. The van der Waals surface area contributed by atoms with Crippen LogP contribution in [0.25, 0.3) is 0 Å². The van der Waals surface area contributed by atoms with E-state index in [1.165, 1.54) is 103 Å². The molecule has 4 N–H and O–H groups in total. The fourth-order valence-electron chi connectivity index (χ4n) is 11.4. The van der Waals surface area contributed by atoms with Gasteiger partial charge in [-0.25, -0.2) is 9.13 Å². The molecule has 0 rings (SSSR count). The van der Waals surface area contributed by atoms with E-state index >= 15 is 0 Å². The Balaban J connectivity index is 4.57. The fraction of sp³-hybridized carbons (Fsp3) is 0.619. The number of hydrogen-bond acceptors (Lipinski definition) is 14. The normalized spacial score (nSPS) is 14.8. The maximum Gasteiger partial charge on any atom is 0.472 e. The van der Waals surface area contributed by atoms with Crippen LogP contribution in [0.1, 0.15) is 329 Å². The first-order valence-electron chi connectivity index (χ1n) is 44.4. The van der Waals surface area contributed by atoms with Gasteiger partial charge in [0.2, 0.25) is 0 Å². The number of unbranched alkanes of at least 4 members (excludes halogenated alkanes) is 25. The Kier molecular flexibility index (Phi) is 83.0. The third-order valence-electron chi connectivity index (χ3n) is 18.0. The zero-order chi connectivity index (χ0) is 83.6. The standard InChI is InChI=1S/C97H158O16P2/c1-4-7-10-13-16-19-22-25-28-31-34-36-38-40-41-42-43-44-45-46-47-48-49-51-53-54-57-59-62-65-68-71-74-77-80-83-95(100)107-86-92(98)87-109-114(103,104)110-88-93(99)89-111-115(105,106)112-91-94(113-97(102)85-82-79-76-73-70-67-64-61-56-33-30-27-24-21-18-15-12-9-6-3)90-108-96(101)84-81-78-75-72-69-66-63-60-58-55-52-50-39-37-35-32-29-26-23-20-17-14-11-8-5-2/h7-12,16-21,25-30,34-37,40-41,50,52,56,58,60-61,67,70,76,79,92-94,98-99H,4-6,13-15,22-24,31-33,38-39,42-49,51,53-55,57,59,62-66,68-69,71-75,77-78,80-91H2,1-3H3,(H,103,104)(H,105,106)/b10-7-,11-8-,12-9-,19-16-,20-17-,21-18-,28-25-,29-26-,30-27-,36-34-,37-35-,41-40-,52-50-,60-58-,61-56-,70-67-,79-76-. The maximum atomic E-state index is 13.0. The first-order valence-corrected chi connectivity index (χ1v) is 47.4. The largest absolute Gasteiger partial charge is 0.472 e. The summed E-state index contributed by atoms with van der Waals surface area (Å²) >= 11 is 0. The van der Waals surface area contributed by atoms with Gasteiger partial charge >= 0.3 is 33.6 Å². The lowest BCUT2D eigenvalue weighted by atomic mass is 10.0. The van der Waals surface area contributed by atoms with Crippen molar-refractivity contribution in [3.05, 3.63) is 207 Å². The highest BCUT2D eigenvalue weighted by Crippen LogP contribution is 2.45. The summed E-state index contributed by atoms with van der Waals surface area (Å²) in [5.41, 5.74) is 0. The zero-order valence-electron chi connectivity index (χ0n) is 71.6. The lowest BCUT2D eigenvalue weighted by Crippen LogP contribution is -2.29. The molecule has 16 nitrogen and oxygen atoms in total. The zero-order valence-corrected chi connectivity index (χ0v) is 73.4. The van der Waals surface area contributed by atoms with Crippen LogP contribution in [0.4, 0.5) is 0 Å². The summed E-state index contributed by atoms with van der Waals surface area (Å²) < 4.78 is 61.2. The van der Waals surface area contributed by atoms with Gasteiger partial charge < -0.3 is 34.2 Å². The van der Waals surface area contributed by atoms with Gasteiger partial charge in [0.25, 0.3) is 0 Å². The number of phosphoric ester groups is 2. The topological polar surface area (TPSA) is 231 Å². The molecule has 0 fully saturated rings. The first kappa shape index (κ1) is 109. The number of aliphatic hydroxyl groups excluding tert-OH is 2. The average molecular weight is 1640 g/mol. The number of phosphoric acid groups is 2. The van der Waals surface area contributed by atoms with E-state index in [9.17, 15) is 43.5 Å². The van der Waals surface area contributed by atoms with Crippen molar-refractivity contribution in [1.29, 1.82) is 0 Å². The predicted molar refractivity (Wildman–Crippen MR) is 481 cm³/mol. The van der Waals surface area contributed by atoms with Crippen molar-refractivity contribution in [3.63, 3.8) is 0 Å². The lowest BCUT2D eigenvalue weighted by Gasteiger charge is -2.21. The van der Waals surface area contributed by atoms with Gasteiger partial charge in [0, 0.05) is 19.3 Å². The molecule has 0 amide bonds. The Morgan fingerprint density at radius 3 is 0.722 bits per heavy atom. The summed E-state index contributed by atoms with van der Waals surface area (Å²) in [5, 5.41) is 20.7. The summed E-state index contributed by atoms with van der Waals surface area (Å²) in [6.07, 6.45) is 118. The van der Waals surface area contributed by atoms with Crippen molar-refractivity contribution in [2.24, 2.45) is 0 Å². The summed E-state index contributed by atoms with van der Waals surface area (Å²) in [4.78, 5) is 58.8. The molecule has 0 radical (unpaired) electrons. The van der Waals surface area contributed by atoms with Crippen LogP contribution in [0.2, 0.25) is 0 Å². The van der Waals surface area contributed by atoms with Crippen molar-refractivity contribution < 1.29 is 75.8 Å². The number of carbonyl (C=O) groups excluding carboxylic acids is 3. The number of hydrogen-bond donors (Lipinski definition) is 4. The Hall–Kier alpha value is -5.87. The van der Waals surface area contributed by atoms with Crippen LogP contribution >= 0.6 is 15.6 Å². The van der Waals surface area contributed by atoms with Crippen LogP contribution in [0.3, 0.4) is 0 Å². The number of rotatable bonds is 82. The molecule has 5 unspecified atom stereocenters. The molecule has 0 spiro atoms. The SMILES string of the molecule is CC/C=C\C/C=C\C/C=C\C/C=C\C/C=C\C/C=C\CCCCCCCCC(=O)OCC(COP(=O)(O)OCC(O)COP(=O)(O)OCC(O)COC(=O)CCCCCCCCCCCCCCCCCCCCC/C=C\C/C=C\C/C=C\C/C=C\C/C=C\CC)OC(=O)CC/C=C\C/C=C\C/C=C\C/C=C\C/C=C\C/C=C\CC. The Labute approximate surface area is 699 Å². The van der Waals surface area contributed by atoms with Crippen LogP contribution in [0, 0.1) is 0 Å². The van der Waals surface area contributed by atoms with Crippen molar-refractivity contribution >= 4 is 33.6 Å². The molecule has 0 heterocycles. The van der Waals surface area contributed by atoms with E-state index in [4.69, 9.17) is 32.3 Å². The second-order valence-corrected chi connectivity index (χ2v) is 31.8. The predicted octanol–water partition coefficient (Wildman–Crippen LogP) is 27.2. The quantitative estimate of drug-likeness (QED) is 0.0146. The molecule has 0 aromatic carbocycles. The first-order chi connectivity index (χ1) is 56.2. The Morgan fingerprint density at radius 2 is 0.452 bits per heavy atom. The van der Waals surface area contributed by atoms with E-state index in [0.29, 0.717) is 25.7 Å². The molecule has 0 aliphatic carbocycles. The molecular formula is C97H158O16P2. The van der Waals surface area contributed by atoms with E-state index in [1.54, 1.807) is 0 Å². The van der Waals surface area contributed by atoms with Gasteiger partial charge in [-0.15, -0.1) is 0 Å². The van der Waals surface area contributed by atoms with Gasteiger partial charge in [0.05, 0.1) is 26.4 Å². The van der Waals surface area contributed by atoms with Gasteiger partial charge in [-0.3, -0.25) is 32.5 Å². The maximum absolute atomic E-state index is 13.0. The minimum atomic E-state index is -4.97. The second-order valence-electron chi connectivity index (χ2n) is 28.9. The Morgan fingerprint density at radius 1 is 0.243 bits per heavy atom. The monoisotopic (exact) mass is 1640 g/mol.